The molecule has 0 spiro atoms. The maximum Gasteiger partial charge on any atom is 0.135 e. The summed E-state index contributed by atoms with van der Waals surface area (Å²) < 4.78 is 11.6. The first-order valence-corrected chi connectivity index (χ1v) is 7.61. The number of ether oxygens (including phenoxy) is 1. The molecule has 2 rings (SSSR count). The molecule has 1 aromatic carbocycles. The number of para-hydroxylation sites is 1. The minimum Gasteiger partial charge on any atom is -0.458 e. The predicted molar refractivity (Wildman–Crippen MR) is 87.2 cm³/mol. The summed E-state index contributed by atoms with van der Waals surface area (Å²) in [5.41, 5.74) is 2.15. The first kappa shape index (κ1) is 15.8. The van der Waals surface area contributed by atoms with E-state index in [0.29, 0.717) is 19.1 Å². The summed E-state index contributed by atoms with van der Waals surface area (Å²) in [4.78, 5) is 0. The Balaban J connectivity index is 2.13. The number of allylic oxidation sites excluding steroid dienone is 1. The molecule has 0 saturated heterocycles. The molecular weight excluding hydrogens is 262 g/mol. The molecule has 0 bridgehead atoms. The molecule has 2 aromatic rings. The van der Waals surface area contributed by atoms with E-state index in [1.165, 1.54) is 10.9 Å². The van der Waals surface area contributed by atoms with E-state index in [1.54, 1.807) is 0 Å². The molecule has 0 saturated carbocycles. The van der Waals surface area contributed by atoms with Gasteiger partial charge in [0.1, 0.15) is 18.0 Å². The number of benzene rings is 1. The normalized spacial score (nSPS) is 12.0. The molecule has 3 nitrogen and oxygen atoms in total. The molecule has 3 heteroatoms. The van der Waals surface area contributed by atoms with Gasteiger partial charge in [-0.25, -0.2) is 0 Å². The van der Waals surface area contributed by atoms with Crippen molar-refractivity contribution in [1.82, 2.24) is 5.32 Å². The monoisotopic (exact) mass is 287 g/mol. The van der Waals surface area contributed by atoms with Gasteiger partial charge in [-0.15, -0.1) is 0 Å². The first-order valence-electron chi connectivity index (χ1n) is 7.61. The average Bonchev–Trinajstić information content (AvgIpc) is 2.81. The van der Waals surface area contributed by atoms with Gasteiger partial charge in [-0.05, 0) is 25.5 Å². The van der Waals surface area contributed by atoms with Gasteiger partial charge in [0.05, 0.1) is 6.61 Å². The van der Waals surface area contributed by atoms with Gasteiger partial charge in [0, 0.05) is 17.5 Å². The summed E-state index contributed by atoms with van der Waals surface area (Å²) in [6.07, 6.45) is 3.99. The van der Waals surface area contributed by atoms with Crippen molar-refractivity contribution in [2.45, 2.75) is 33.9 Å². The zero-order chi connectivity index (χ0) is 15.1. The van der Waals surface area contributed by atoms with E-state index < -0.39 is 0 Å². The highest BCUT2D eigenvalue weighted by Gasteiger charge is 2.13. The summed E-state index contributed by atoms with van der Waals surface area (Å²) in [5, 5.41) is 4.67. The van der Waals surface area contributed by atoms with E-state index in [4.69, 9.17) is 9.15 Å². The molecule has 0 unspecified atom stereocenters. The van der Waals surface area contributed by atoms with E-state index in [1.807, 2.05) is 37.3 Å². The van der Waals surface area contributed by atoms with Gasteiger partial charge < -0.3 is 14.5 Å². The fourth-order valence-electron chi connectivity index (χ4n) is 2.26. The van der Waals surface area contributed by atoms with Crippen molar-refractivity contribution >= 4 is 11.0 Å². The molecule has 0 aliphatic heterocycles. The highest BCUT2D eigenvalue weighted by atomic mass is 16.5. The van der Waals surface area contributed by atoms with Crippen LogP contribution in [0.25, 0.3) is 11.0 Å². The van der Waals surface area contributed by atoms with Gasteiger partial charge in [-0.3, -0.25) is 0 Å². The number of hydrogen-bond donors (Lipinski definition) is 1. The lowest BCUT2D eigenvalue weighted by molar-refractivity contribution is 0.132. The summed E-state index contributed by atoms with van der Waals surface area (Å²) in [6.45, 7) is 9.36. The van der Waals surface area contributed by atoms with Crippen molar-refractivity contribution in [2.24, 2.45) is 5.92 Å². The van der Waals surface area contributed by atoms with Crippen LogP contribution >= 0.6 is 0 Å². The minimum atomic E-state index is 0.512. The zero-order valence-electron chi connectivity index (χ0n) is 13.2. The van der Waals surface area contributed by atoms with Crippen molar-refractivity contribution in [3.63, 3.8) is 0 Å². The standard InChI is InChI=1S/C18H25NO2/c1-4-5-10-20-13-18-16(12-19-11-14(2)3)15-8-6-7-9-17(15)21-18/h4-9,14,19H,10-13H2,1-3H3. The molecule has 21 heavy (non-hydrogen) atoms. The third-order valence-corrected chi connectivity index (χ3v) is 3.32. The first-order chi connectivity index (χ1) is 10.2. The molecule has 1 heterocycles. The second-order valence-corrected chi connectivity index (χ2v) is 5.61. The number of furan rings is 1. The number of hydrogen-bond acceptors (Lipinski definition) is 3. The Morgan fingerprint density at radius 2 is 2.10 bits per heavy atom. The van der Waals surface area contributed by atoms with Crippen LogP contribution in [0.15, 0.2) is 40.8 Å². The molecule has 0 fully saturated rings. The predicted octanol–water partition coefficient (Wildman–Crippen LogP) is 4.27. The van der Waals surface area contributed by atoms with Crippen LogP contribution in [-0.4, -0.2) is 13.2 Å². The Kier molecular flexibility index (Phi) is 6.03. The number of rotatable bonds is 8. The second kappa shape index (κ2) is 8.01. The van der Waals surface area contributed by atoms with E-state index in [0.717, 1.165) is 24.4 Å². The smallest absolute Gasteiger partial charge is 0.135 e. The fraction of sp³-hybridized carbons (Fsp3) is 0.444. The molecule has 0 amide bonds. The van der Waals surface area contributed by atoms with Crippen LogP contribution in [-0.2, 0) is 17.9 Å². The topological polar surface area (TPSA) is 34.4 Å². The second-order valence-electron chi connectivity index (χ2n) is 5.61. The summed E-state index contributed by atoms with van der Waals surface area (Å²) >= 11 is 0. The third-order valence-electron chi connectivity index (χ3n) is 3.32. The van der Waals surface area contributed by atoms with Crippen molar-refractivity contribution in [1.29, 1.82) is 0 Å². The Hall–Kier alpha value is -1.58. The number of nitrogens with one attached hydrogen (secondary N) is 1. The van der Waals surface area contributed by atoms with Crippen LogP contribution in [0.2, 0.25) is 0 Å². The lowest BCUT2D eigenvalue weighted by atomic mass is 10.1. The van der Waals surface area contributed by atoms with E-state index in [-0.39, 0.29) is 0 Å². The van der Waals surface area contributed by atoms with Gasteiger partial charge in [-0.2, -0.15) is 0 Å². The molecule has 1 N–H and O–H groups in total. The summed E-state index contributed by atoms with van der Waals surface area (Å²) in [7, 11) is 0. The zero-order valence-corrected chi connectivity index (χ0v) is 13.2. The molecule has 0 radical (unpaired) electrons. The maximum atomic E-state index is 5.95. The highest BCUT2D eigenvalue weighted by molar-refractivity contribution is 5.82. The van der Waals surface area contributed by atoms with Crippen molar-refractivity contribution in [3.8, 4) is 0 Å². The Labute approximate surface area is 127 Å². The van der Waals surface area contributed by atoms with E-state index in [9.17, 15) is 0 Å². The Bertz CT molecular complexity index is 584. The fourth-order valence-corrected chi connectivity index (χ4v) is 2.26. The van der Waals surface area contributed by atoms with Crippen LogP contribution in [0.4, 0.5) is 0 Å². The van der Waals surface area contributed by atoms with Crippen LogP contribution in [0.5, 0.6) is 0 Å². The summed E-state index contributed by atoms with van der Waals surface area (Å²) in [5.74, 6) is 1.56. The van der Waals surface area contributed by atoms with Crippen molar-refractivity contribution in [2.75, 3.05) is 13.2 Å². The van der Waals surface area contributed by atoms with Crippen LogP contribution in [0.1, 0.15) is 32.1 Å². The van der Waals surface area contributed by atoms with Gasteiger partial charge in [0.2, 0.25) is 0 Å². The van der Waals surface area contributed by atoms with Crippen molar-refractivity contribution < 1.29 is 9.15 Å². The van der Waals surface area contributed by atoms with Gasteiger partial charge in [-0.1, -0.05) is 44.2 Å². The van der Waals surface area contributed by atoms with Gasteiger partial charge >= 0.3 is 0 Å². The SMILES string of the molecule is CC=CCOCc1oc2ccccc2c1CNCC(C)C. The largest absolute Gasteiger partial charge is 0.458 e. The molecule has 114 valence electrons. The minimum absolute atomic E-state index is 0.512. The molecule has 1 aromatic heterocycles. The lowest BCUT2D eigenvalue weighted by Gasteiger charge is -2.08. The van der Waals surface area contributed by atoms with Crippen molar-refractivity contribution in [3.05, 3.63) is 47.7 Å². The Morgan fingerprint density at radius 3 is 2.86 bits per heavy atom. The van der Waals surface area contributed by atoms with Gasteiger partial charge in [0.15, 0.2) is 0 Å². The number of fused-ring (bicyclic) bond motifs is 1. The van der Waals surface area contributed by atoms with Crippen LogP contribution < -0.4 is 5.32 Å². The highest BCUT2D eigenvalue weighted by Crippen LogP contribution is 2.26. The average molecular weight is 287 g/mol. The third kappa shape index (κ3) is 4.45. The molecular formula is C18H25NO2. The lowest BCUT2D eigenvalue weighted by Crippen LogP contribution is -2.19. The van der Waals surface area contributed by atoms with E-state index in [2.05, 4.69) is 25.2 Å². The quantitative estimate of drug-likeness (QED) is 0.581. The Morgan fingerprint density at radius 1 is 1.29 bits per heavy atom. The molecule has 0 atom stereocenters. The maximum absolute atomic E-state index is 5.95. The van der Waals surface area contributed by atoms with Crippen LogP contribution in [0.3, 0.4) is 0 Å². The molecule has 0 aliphatic rings. The summed E-state index contributed by atoms with van der Waals surface area (Å²) in [6, 6.07) is 8.17. The van der Waals surface area contributed by atoms with E-state index >= 15 is 0 Å². The van der Waals surface area contributed by atoms with Crippen LogP contribution in [0, 0.1) is 5.92 Å². The van der Waals surface area contributed by atoms with Gasteiger partial charge in [0.25, 0.3) is 0 Å². The molecule has 0 aliphatic carbocycles.